The maximum atomic E-state index is 12.3. The molecule has 1 aromatic rings. The molecule has 0 aromatic heterocycles. The van der Waals surface area contributed by atoms with Gasteiger partial charge in [-0.05, 0) is 18.9 Å². The van der Waals surface area contributed by atoms with Crippen molar-refractivity contribution in [3.8, 4) is 0 Å². The predicted molar refractivity (Wildman–Crippen MR) is 74.8 cm³/mol. The van der Waals surface area contributed by atoms with Gasteiger partial charge in [0.25, 0.3) is 11.6 Å². The third kappa shape index (κ3) is 2.70. The summed E-state index contributed by atoms with van der Waals surface area (Å²) in [6.07, 6.45) is 1.68. The molecule has 0 fully saturated rings. The summed E-state index contributed by atoms with van der Waals surface area (Å²) in [4.78, 5) is 24.2. The quantitative estimate of drug-likeness (QED) is 0.469. The van der Waals surface area contributed by atoms with Crippen LogP contribution in [0, 0.1) is 10.1 Å². The van der Waals surface area contributed by atoms with Gasteiger partial charge in [0.15, 0.2) is 0 Å². The topological polar surface area (TPSA) is 72.7 Å². The van der Waals surface area contributed by atoms with Crippen LogP contribution in [-0.4, -0.2) is 30.1 Å². The van der Waals surface area contributed by atoms with Crippen LogP contribution in [-0.2, 0) is 16.0 Å². The molecule has 0 aliphatic carbocycles. The number of nitro benzene ring substituents is 1. The van der Waals surface area contributed by atoms with Gasteiger partial charge in [-0.1, -0.05) is 12.1 Å². The average molecular weight is 276 g/mol. The highest BCUT2D eigenvalue weighted by atomic mass is 16.6. The third-order valence-corrected chi connectivity index (χ3v) is 3.25. The van der Waals surface area contributed by atoms with Gasteiger partial charge in [-0.15, -0.1) is 6.58 Å². The number of non-ortho nitro benzene ring substituents is 1. The molecule has 6 heteroatoms. The highest BCUT2D eigenvalue weighted by Crippen LogP contribution is 2.32. The molecular formula is C14H16N2O4. The second-order valence-corrected chi connectivity index (χ2v) is 4.57. The van der Waals surface area contributed by atoms with Crippen molar-refractivity contribution in [2.24, 2.45) is 0 Å². The summed E-state index contributed by atoms with van der Waals surface area (Å²) in [6.45, 7) is 6.02. The summed E-state index contributed by atoms with van der Waals surface area (Å²) in [5.41, 5.74) is 1.54. The van der Waals surface area contributed by atoms with Gasteiger partial charge in [0.05, 0.1) is 17.2 Å². The first-order chi connectivity index (χ1) is 9.54. The molecular weight excluding hydrogens is 260 g/mol. The Bertz CT molecular complexity index is 556. The minimum atomic E-state index is -0.599. The Balaban J connectivity index is 2.21. The molecule has 1 amide bonds. The zero-order chi connectivity index (χ0) is 14.7. The summed E-state index contributed by atoms with van der Waals surface area (Å²) in [5.74, 6) is -0.189. The number of carbonyl (C=O) groups is 1. The van der Waals surface area contributed by atoms with Gasteiger partial charge >= 0.3 is 0 Å². The van der Waals surface area contributed by atoms with Crippen LogP contribution in [0.1, 0.15) is 12.5 Å². The SMILES string of the molecule is C=CCO[C@@H](C)C(=O)N1CCc2ccc([N+](=O)[O-])cc21. The number of hydrogen-bond donors (Lipinski definition) is 0. The molecule has 0 saturated heterocycles. The van der Waals surface area contributed by atoms with Gasteiger partial charge < -0.3 is 9.64 Å². The Hall–Kier alpha value is -2.21. The Morgan fingerprint density at radius 2 is 2.40 bits per heavy atom. The van der Waals surface area contributed by atoms with E-state index in [-0.39, 0.29) is 11.6 Å². The maximum Gasteiger partial charge on any atom is 0.271 e. The van der Waals surface area contributed by atoms with E-state index in [2.05, 4.69) is 6.58 Å². The van der Waals surface area contributed by atoms with E-state index in [0.717, 1.165) is 5.56 Å². The molecule has 0 spiro atoms. The van der Waals surface area contributed by atoms with Crippen molar-refractivity contribution in [2.45, 2.75) is 19.4 Å². The lowest BCUT2D eigenvalue weighted by atomic mass is 10.1. The lowest BCUT2D eigenvalue weighted by Crippen LogP contribution is -2.38. The van der Waals surface area contributed by atoms with E-state index in [1.54, 1.807) is 24.0 Å². The molecule has 1 atom stereocenters. The Morgan fingerprint density at radius 3 is 3.05 bits per heavy atom. The summed E-state index contributed by atoms with van der Waals surface area (Å²) < 4.78 is 5.31. The van der Waals surface area contributed by atoms with Crippen LogP contribution >= 0.6 is 0 Å². The van der Waals surface area contributed by atoms with Crippen molar-refractivity contribution >= 4 is 17.3 Å². The van der Waals surface area contributed by atoms with Gasteiger partial charge in [0, 0.05) is 18.7 Å². The van der Waals surface area contributed by atoms with Crippen LogP contribution in [0.15, 0.2) is 30.9 Å². The Kier molecular flexibility index (Phi) is 4.14. The number of nitrogens with zero attached hydrogens (tertiary/aromatic N) is 2. The van der Waals surface area contributed by atoms with Crippen molar-refractivity contribution in [3.05, 3.63) is 46.5 Å². The smallest absolute Gasteiger partial charge is 0.271 e. The largest absolute Gasteiger partial charge is 0.365 e. The second-order valence-electron chi connectivity index (χ2n) is 4.57. The molecule has 1 aliphatic heterocycles. The van der Waals surface area contributed by atoms with Gasteiger partial charge in [-0.2, -0.15) is 0 Å². The van der Waals surface area contributed by atoms with Crippen LogP contribution in [0.2, 0.25) is 0 Å². The van der Waals surface area contributed by atoms with Crippen LogP contribution in [0.25, 0.3) is 0 Å². The van der Waals surface area contributed by atoms with Gasteiger partial charge in [0.2, 0.25) is 0 Å². The second kappa shape index (κ2) is 5.83. The van der Waals surface area contributed by atoms with E-state index in [0.29, 0.717) is 25.3 Å². The van der Waals surface area contributed by atoms with E-state index in [9.17, 15) is 14.9 Å². The van der Waals surface area contributed by atoms with Crippen molar-refractivity contribution in [1.29, 1.82) is 0 Å². The highest BCUT2D eigenvalue weighted by Gasteiger charge is 2.29. The van der Waals surface area contributed by atoms with E-state index < -0.39 is 11.0 Å². The summed E-state index contributed by atoms with van der Waals surface area (Å²) in [7, 11) is 0. The minimum absolute atomic E-state index is 0.0110. The Labute approximate surface area is 116 Å². The van der Waals surface area contributed by atoms with E-state index >= 15 is 0 Å². The van der Waals surface area contributed by atoms with Crippen molar-refractivity contribution in [2.75, 3.05) is 18.1 Å². The van der Waals surface area contributed by atoms with Gasteiger partial charge in [0.1, 0.15) is 6.10 Å². The number of rotatable bonds is 5. The fourth-order valence-electron chi connectivity index (χ4n) is 2.21. The first-order valence-electron chi connectivity index (χ1n) is 6.35. The lowest BCUT2D eigenvalue weighted by Gasteiger charge is -2.21. The van der Waals surface area contributed by atoms with Crippen molar-refractivity contribution < 1.29 is 14.5 Å². The molecule has 0 unspecified atom stereocenters. The normalized spacial score (nSPS) is 14.8. The number of benzene rings is 1. The number of ether oxygens (including phenoxy) is 1. The predicted octanol–water partition coefficient (Wildman–Crippen LogP) is 2.08. The molecule has 0 saturated carbocycles. The van der Waals surface area contributed by atoms with Crippen LogP contribution < -0.4 is 4.90 Å². The third-order valence-electron chi connectivity index (χ3n) is 3.25. The zero-order valence-corrected chi connectivity index (χ0v) is 11.2. The fraction of sp³-hybridized carbons (Fsp3) is 0.357. The Morgan fingerprint density at radius 1 is 1.65 bits per heavy atom. The molecule has 0 radical (unpaired) electrons. The number of fused-ring (bicyclic) bond motifs is 1. The minimum Gasteiger partial charge on any atom is -0.365 e. The fourth-order valence-corrected chi connectivity index (χ4v) is 2.21. The number of hydrogen-bond acceptors (Lipinski definition) is 4. The molecule has 20 heavy (non-hydrogen) atoms. The molecule has 2 rings (SSSR count). The first-order valence-corrected chi connectivity index (χ1v) is 6.35. The van der Waals surface area contributed by atoms with E-state index in [1.165, 1.54) is 12.1 Å². The number of carbonyl (C=O) groups excluding carboxylic acids is 1. The molecule has 6 nitrogen and oxygen atoms in total. The van der Waals surface area contributed by atoms with Crippen molar-refractivity contribution in [1.82, 2.24) is 0 Å². The molecule has 1 aliphatic rings. The van der Waals surface area contributed by atoms with Gasteiger partial charge in [-0.25, -0.2) is 0 Å². The standard InChI is InChI=1S/C14H16N2O4/c1-3-8-20-10(2)14(17)15-7-6-11-4-5-12(16(18)19)9-13(11)15/h3-5,9-10H,1,6-8H2,2H3/t10-/m0/s1. The maximum absolute atomic E-state index is 12.3. The number of anilines is 1. The van der Waals surface area contributed by atoms with Crippen molar-refractivity contribution in [3.63, 3.8) is 0 Å². The first kappa shape index (κ1) is 14.2. The van der Waals surface area contributed by atoms with Crippen LogP contribution in [0.4, 0.5) is 11.4 Å². The number of amides is 1. The van der Waals surface area contributed by atoms with Gasteiger partial charge in [-0.3, -0.25) is 14.9 Å². The molecule has 0 bridgehead atoms. The average Bonchev–Trinajstić information content (AvgIpc) is 2.86. The molecule has 106 valence electrons. The van der Waals surface area contributed by atoms with E-state index in [1.807, 2.05) is 0 Å². The lowest BCUT2D eigenvalue weighted by molar-refractivity contribution is -0.384. The molecule has 1 heterocycles. The monoisotopic (exact) mass is 276 g/mol. The summed E-state index contributed by atoms with van der Waals surface area (Å²) in [5, 5.41) is 10.8. The summed E-state index contributed by atoms with van der Waals surface area (Å²) >= 11 is 0. The summed E-state index contributed by atoms with van der Waals surface area (Å²) in [6, 6.07) is 4.61. The highest BCUT2D eigenvalue weighted by molar-refractivity contribution is 5.98. The van der Waals surface area contributed by atoms with E-state index in [4.69, 9.17) is 4.74 Å². The molecule has 1 aromatic carbocycles. The number of nitro groups is 1. The molecule has 0 N–H and O–H groups in total. The van der Waals surface area contributed by atoms with Crippen LogP contribution in [0.3, 0.4) is 0 Å². The zero-order valence-electron chi connectivity index (χ0n) is 11.2. The van der Waals surface area contributed by atoms with Crippen LogP contribution in [0.5, 0.6) is 0 Å².